The smallest absolute Gasteiger partial charge is 0.244 e. The van der Waals surface area contributed by atoms with E-state index in [-0.39, 0.29) is 15.8 Å². The maximum atomic E-state index is 12.8. The first-order valence-electron chi connectivity index (χ1n) is 7.23. The Balaban J connectivity index is 1.87. The van der Waals surface area contributed by atoms with Crippen LogP contribution in [0.25, 0.3) is 0 Å². The van der Waals surface area contributed by atoms with Crippen LogP contribution in [0.4, 0.5) is 0 Å². The fraction of sp³-hybridized carbons (Fsp3) is 0.400. The number of halogens is 1. The minimum Gasteiger partial charge on any atom is -0.276 e. The third-order valence-corrected chi connectivity index (χ3v) is 6.36. The molecule has 1 aliphatic rings. The van der Waals surface area contributed by atoms with E-state index in [2.05, 4.69) is 5.10 Å². The second-order valence-corrected chi connectivity index (χ2v) is 7.86. The summed E-state index contributed by atoms with van der Waals surface area (Å²) < 4.78 is 28.9. The molecule has 0 spiro atoms. The van der Waals surface area contributed by atoms with Gasteiger partial charge in [-0.2, -0.15) is 9.40 Å². The molecule has 0 unspecified atom stereocenters. The number of aromatic nitrogens is 2. The highest BCUT2D eigenvalue weighted by Crippen LogP contribution is 2.31. The lowest BCUT2D eigenvalue weighted by Gasteiger charge is -2.31. The lowest BCUT2D eigenvalue weighted by Crippen LogP contribution is -2.39. The van der Waals surface area contributed by atoms with Gasteiger partial charge in [0.15, 0.2) is 0 Å². The zero-order chi connectivity index (χ0) is 15.7. The highest BCUT2D eigenvalue weighted by Gasteiger charge is 2.32. The van der Waals surface area contributed by atoms with E-state index in [0.717, 1.165) is 18.5 Å². The molecule has 0 radical (unpaired) electrons. The number of sulfonamides is 1. The monoisotopic (exact) mass is 339 g/mol. The van der Waals surface area contributed by atoms with Crippen LogP contribution in [0.5, 0.6) is 0 Å². The van der Waals surface area contributed by atoms with Gasteiger partial charge in [0.2, 0.25) is 10.0 Å². The summed E-state index contributed by atoms with van der Waals surface area (Å²) in [6, 6.07) is 8.54. The Morgan fingerprint density at radius 1 is 1.27 bits per heavy atom. The molecule has 118 valence electrons. The molecular weight excluding hydrogens is 322 g/mol. The first-order valence-corrected chi connectivity index (χ1v) is 9.04. The Morgan fingerprint density at radius 3 is 2.73 bits per heavy atom. The summed E-state index contributed by atoms with van der Waals surface area (Å²) >= 11 is 6.06. The van der Waals surface area contributed by atoms with Gasteiger partial charge in [0.1, 0.15) is 4.90 Å². The standard InChI is InChI=1S/C15H18ClN3O2S/c1-18-10-8-14(17-18)12-5-4-9-19(11-12)22(20,21)15-7-3-2-6-13(15)16/h2-3,6-8,10,12H,4-5,9,11H2,1H3/t12-/m0/s1. The lowest BCUT2D eigenvalue weighted by atomic mass is 9.96. The molecule has 0 aliphatic carbocycles. The van der Waals surface area contributed by atoms with Crippen LogP contribution < -0.4 is 0 Å². The van der Waals surface area contributed by atoms with Crippen LogP contribution in [0.1, 0.15) is 24.5 Å². The minimum absolute atomic E-state index is 0.132. The molecule has 1 fully saturated rings. The van der Waals surface area contributed by atoms with Gasteiger partial charge in [-0.25, -0.2) is 8.42 Å². The Labute approximate surface area is 135 Å². The van der Waals surface area contributed by atoms with Crippen molar-refractivity contribution < 1.29 is 8.42 Å². The average molecular weight is 340 g/mol. The molecule has 0 saturated carbocycles. The Bertz CT molecular complexity index is 773. The average Bonchev–Trinajstić information content (AvgIpc) is 2.94. The third-order valence-electron chi connectivity index (χ3n) is 3.99. The summed E-state index contributed by atoms with van der Waals surface area (Å²) in [5, 5.41) is 4.68. The molecule has 1 saturated heterocycles. The number of nitrogens with zero attached hydrogens (tertiary/aromatic N) is 3. The number of hydrogen-bond acceptors (Lipinski definition) is 3. The van der Waals surface area contributed by atoms with E-state index in [1.165, 1.54) is 4.31 Å². The normalized spacial score (nSPS) is 20.2. The van der Waals surface area contributed by atoms with Gasteiger partial charge in [0, 0.05) is 32.3 Å². The summed E-state index contributed by atoms with van der Waals surface area (Å²) in [5.74, 6) is 0.132. The zero-order valence-electron chi connectivity index (χ0n) is 12.3. The molecule has 0 bridgehead atoms. The predicted octanol–water partition coefficient (Wildman–Crippen LogP) is 2.64. The first-order chi connectivity index (χ1) is 10.5. The SMILES string of the molecule is Cn1ccc([C@H]2CCCN(S(=O)(=O)c3ccccc3Cl)C2)n1. The van der Waals surface area contributed by atoms with Gasteiger partial charge in [-0.15, -0.1) is 0 Å². The Hall–Kier alpha value is -1.37. The maximum Gasteiger partial charge on any atom is 0.244 e. The molecule has 1 aromatic carbocycles. The van der Waals surface area contributed by atoms with Crippen LogP contribution in [0.2, 0.25) is 5.02 Å². The topological polar surface area (TPSA) is 55.2 Å². The van der Waals surface area contributed by atoms with Gasteiger partial charge in [-0.3, -0.25) is 4.68 Å². The van der Waals surface area contributed by atoms with Crippen molar-refractivity contribution in [2.45, 2.75) is 23.7 Å². The largest absolute Gasteiger partial charge is 0.276 e. The minimum atomic E-state index is -3.56. The molecular formula is C15H18ClN3O2S. The second kappa shape index (κ2) is 6.02. The molecule has 5 nitrogen and oxygen atoms in total. The second-order valence-electron chi connectivity index (χ2n) is 5.55. The van der Waals surface area contributed by atoms with Crippen LogP contribution in [0, 0.1) is 0 Å². The Kier molecular flexibility index (Phi) is 4.25. The van der Waals surface area contributed by atoms with E-state index in [0.29, 0.717) is 13.1 Å². The van der Waals surface area contributed by atoms with Gasteiger partial charge in [-0.1, -0.05) is 23.7 Å². The van der Waals surface area contributed by atoms with Gasteiger partial charge < -0.3 is 0 Å². The van der Waals surface area contributed by atoms with Gasteiger partial charge in [0.25, 0.3) is 0 Å². The van der Waals surface area contributed by atoms with Crippen LogP contribution in [0.15, 0.2) is 41.4 Å². The van der Waals surface area contributed by atoms with Crippen molar-refractivity contribution in [2.24, 2.45) is 7.05 Å². The van der Waals surface area contributed by atoms with Crippen molar-refractivity contribution in [3.63, 3.8) is 0 Å². The molecule has 2 heterocycles. The summed E-state index contributed by atoms with van der Waals surface area (Å²) in [4.78, 5) is 0.179. The zero-order valence-corrected chi connectivity index (χ0v) is 13.9. The molecule has 0 amide bonds. The molecule has 7 heteroatoms. The van der Waals surface area contributed by atoms with E-state index in [1.54, 1.807) is 28.9 Å². The molecule has 22 heavy (non-hydrogen) atoms. The van der Waals surface area contributed by atoms with Crippen molar-refractivity contribution in [3.8, 4) is 0 Å². The van der Waals surface area contributed by atoms with Gasteiger partial charge in [-0.05, 0) is 31.0 Å². The Morgan fingerprint density at radius 2 is 2.05 bits per heavy atom. The highest BCUT2D eigenvalue weighted by molar-refractivity contribution is 7.89. The van der Waals surface area contributed by atoms with Crippen LogP contribution in [-0.4, -0.2) is 35.6 Å². The summed E-state index contributed by atoms with van der Waals surface area (Å²) in [6.07, 6.45) is 3.66. The highest BCUT2D eigenvalue weighted by atomic mass is 35.5. The van der Waals surface area contributed by atoms with E-state index in [1.807, 2.05) is 19.3 Å². The van der Waals surface area contributed by atoms with Crippen LogP contribution in [-0.2, 0) is 17.1 Å². The van der Waals surface area contributed by atoms with Crippen molar-refractivity contribution in [3.05, 3.63) is 47.2 Å². The van der Waals surface area contributed by atoms with E-state index < -0.39 is 10.0 Å². The summed E-state index contributed by atoms with van der Waals surface area (Å²) in [7, 11) is -1.69. The quantitative estimate of drug-likeness (QED) is 0.863. The molecule has 1 aliphatic heterocycles. The fourth-order valence-electron chi connectivity index (χ4n) is 2.85. The van der Waals surface area contributed by atoms with Crippen molar-refractivity contribution in [2.75, 3.05) is 13.1 Å². The fourth-order valence-corrected chi connectivity index (χ4v) is 4.86. The number of aryl methyl sites for hydroxylation is 1. The summed E-state index contributed by atoms with van der Waals surface area (Å²) in [5.41, 5.74) is 0.946. The van der Waals surface area contributed by atoms with Crippen molar-refractivity contribution >= 4 is 21.6 Å². The molecule has 3 rings (SSSR count). The first kappa shape index (κ1) is 15.5. The van der Waals surface area contributed by atoms with Crippen molar-refractivity contribution in [1.82, 2.24) is 14.1 Å². The number of benzene rings is 1. The molecule has 1 atom stereocenters. The van der Waals surface area contributed by atoms with Crippen molar-refractivity contribution in [1.29, 1.82) is 0 Å². The van der Waals surface area contributed by atoms with Gasteiger partial charge in [0.05, 0.1) is 10.7 Å². The number of rotatable bonds is 3. The molecule has 2 aromatic rings. The van der Waals surface area contributed by atoms with Gasteiger partial charge >= 0.3 is 0 Å². The lowest BCUT2D eigenvalue weighted by molar-refractivity contribution is 0.312. The van der Waals surface area contributed by atoms with Crippen LogP contribution in [0.3, 0.4) is 0 Å². The van der Waals surface area contributed by atoms with Crippen LogP contribution >= 0.6 is 11.6 Å². The predicted molar refractivity (Wildman–Crippen MR) is 85.4 cm³/mol. The van der Waals surface area contributed by atoms with E-state index in [4.69, 9.17) is 11.6 Å². The maximum absolute atomic E-state index is 12.8. The summed E-state index contributed by atoms with van der Waals surface area (Å²) in [6.45, 7) is 0.974. The number of hydrogen-bond donors (Lipinski definition) is 0. The molecule has 0 N–H and O–H groups in total. The third kappa shape index (κ3) is 2.91. The molecule has 1 aromatic heterocycles. The van der Waals surface area contributed by atoms with E-state index >= 15 is 0 Å². The number of piperidine rings is 1. The van der Waals surface area contributed by atoms with E-state index in [9.17, 15) is 8.42 Å².